The maximum Gasteiger partial charge on any atom is 0.238 e. The van der Waals surface area contributed by atoms with E-state index in [0.29, 0.717) is 6.54 Å². The number of nitrogens with two attached hydrogens (primary N) is 2. The van der Waals surface area contributed by atoms with Gasteiger partial charge in [0.15, 0.2) is 0 Å². The Morgan fingerprint density at radius 1 is 1.20 bits per heavy atom. The molecule has 1 aromatic rings. The molecule has 1 rings (SSSR count). The topological polar surface area (TPSA) is 101 Å². The predicted molar refractivity (Wildman–Crippen MR) is 77.2 cm³/mol. The van der Waals surface area contributed by atoms with Crippen molar-refractivity contribution in [2.45, 2.75) is 32.9 Å². The third-order valence-corrected chi connectivity index (χ3v) is 3.02. The second kappa shape index (κ2) is 7.62. The van der Waals surface area contributed by atoms with E-state index in [9.17, 15) is 9.59 Å². The van der Waals surface area contributed by atoms with Crippen LogP contribution in [0.1, 0.15) is 25.0 Å². The Hall–Kier alpha value is -1.92. The molecule has 110 valence electrons. The van der Waals surface area contributed by atoms with Crippen molar-refractivity contribution in [3.8, 4) is 0 Å². The van der Waals surface area contributed by atoms with E-state index in [2.05, 4.69) is 5.43 Å². The van der Waals surface area contributed by atoms with Crippen molar-refractivity contribution in [2.24, 2.45) is 11.6 Å². The lowest BCUT2D eigenvalue weighted by Gasteiger charge is -2.25. The highest BCUT2D eigenvalue weighted by atomic mass is 16.2. The van der Waals surface area contributed by atoms with E-state index in [-0.39, 0.29) is 30.8 Å². The molecule has 1 aromatic carbocycles. The minimum Gasteiger partial charge on any atom is -0.369 e. The number of hydrazine groups is 1. The van der Waals surface area contributed by atoms with Crippen LogP contribution in [0.2, 0.25) is 0 Å². The van der Waals surface area contributed by atoms with Crippen molar-refractivity contribution in [1.82, 2.24) is 10.3 Å². The maximum atomic E-state index is 11.2. The highest BCUT2D eigenvalue weighted by Crippen LogP contribution is 2.10. The van der Waals surface area contributed by atoms with Gasteiger partial charge in [-0.15, -0.1) is 0 Å². The summed E-state index contributed by atoms with van der Waals surface area (Å²) < 4.78 is 0. The van der Waals surface area contributed by atoms with E-state index < -0.39 is 0 Å². The molecule has 5 N–H and O–H groups in total. The van der Waals surface area contributed by atoms with Crippen molar-refractivity contribution in [3.63, 3.8) is 0 Å². The molecule has 0 saturated heterocycles. The molecule has 0 aliphatic carbocycles. The summed E-state index contributed by atoms with van der Waals surface area (Å²) in [5.41, 5.74) is 9.30. The lowest BCUT2D eigenvalue weighted by atomic mass is 10.1. The number of amides is 2. The molecule has 0 bridgehead atoms. The Balaban J connectivity index is 2.67. The molecule has 0 aliphatic heterocycles. The van der Waals surface area contributed by atoms with Crippen molar-refractivity contribution >= 4 is 11.8 Å². The summed E-state index contributed by atoms with van der Waals surface area (Å²) in [7, 11) is 0. The first-order valence-corrected chi connectivity index (χ1v) is 6.52. The van der Waals surface area contributed by atoms with Crippen LogP contribution >= 0.6 is 0 Å². The Labute approximate surface area is 119 Å². The van der Waals surface area contributed by atoms with Crippen LogP contribution in [0.15, 0.2) is 24.3 Å². The van der Waals surface area contributed by atoms with Gasteiger partial charge in [0.05, 0.1) is 13.0 Å². The van der Waals surface area contributed by atoms with Crippen LogP contribution in [0.5, 0.6) is 0 Å². The monoisotopic (exact) mass is 278 g/mol. The van der Waals surface area contributed by atoms with Gasteiger partial charge in [0.1, 0.15) is 0 Å². The van der Waals surface area contributed by atoms with Crippen LogP contribution in [0.3, 0.4) is 0 Å². The highest BCUT2D eigenvalue weighted by molar-refractivity contribution is 5.77. The summed E-state index contributed by atoms with van der Waals surface area (Å²) in [4.78, 5) is 24.2. The van der Waals surface area contributed by atoms with E-state index in [1.807, 2.05) is 43.0 Å². The average molecular weight is 278 g/mol. The third kappa shape index (κ3) is 5.38. The van der Waals surface area contributed by atoms with Crippen molar-refractivity contribution in [2.75, 3.05) is 6.54 Å². The molecule has 0 aromatic heterocycles. The minimum atomic E-state index is -0.338. The number of nitrogens with one attached hydrogen (secondary N) is 1. The van der Waals surface area contributed by atoms with Crippen molar-refractivity contribution in [3.05, 3.63) is 35.4 Å². The fourth-order valence-corrected chi connectivity index (χ4v) is 1.85. The van der Waals surface area contributed by atoms with Gasteiger partial charge in [0, 0.05) is 12.6 Å². The molecule has 0 aliphatic rings. The molecule has 0 unspecified atom stereocenters. The van der Waals surface area contributed by atoms with Crippen LogP contribution in [-0.4, -0.2) is 29.3 Å². The number of hydrogen-bond donors (Lipinski definition) is 3. The predicted octanol–water partition coefficient (Wildman–Crippen LogP) is -0.0853. The molecule has 6 heteroatoms. The van der Waals surface area contributed by atoms with Gasteiger partial charge in [-0.2, -0.15) is 0 Å². The molecular weight excluding hydrogens is 256 g/mol. The quantitative estimate of drug-likeness (QED) is 0.369. The Kier molecular flexibility index (Phi) is 6.14. The van der Waals surface area contributed by atoms with Gasteiger partial charge in [-0.05, 0) is 25.0 Å². The first-order chi connectivity index (χ1) is 9.42. The lowest BCUT2D eigenvalue weighted by molar-refractivity contribution is -0.121. The first-order valence-electron chi connectivity index (χ1n) is 6.52. The van der Waals surface area contributed by atoms with Crippen LogP contribution in [0.4, 0.5) is 0 Å². The van der Waals surface area contributed by atoms with Gasteiger partial charge in [-0.25, -0.2) is 5.84 Å². The van der Waals surface area contributed by atoms with Crippen LogP contribution < -0.4 is 17.0 Å². The molecule has 20 heavy (non-hydrogen) atoms. The SMILES string of the molecule is CC(C)N(CC(N)=O)Cc1ccc(CC(=O)NN)cc1. The number of nitrogens with zero attached hydrogens (tertiary/aromatic N) is 1. The number of carbonyl (C=O) groups is 2. The zero-order valence-electron chi connectivity index (χ0n) is 11.9. The zero-order valence-corrected chi connectivity index (χ0v) is 11.9. The molecular formula is C14H22N4O2. The fraction of sp³-hybridized carbons (Fsp3) is 0.429. The summed E-state index contributed by atoms with van der Waals surface area (Å²) in [5.74, 6) is 4.48. The fourth-order valence-electron chi connectivity index (χ4n) is 1.85. The molecule has 0 radical (unpaired) electrons. The van der Waals surface area contributed by atoms with E-state index in [0.717, 1.165) is 11.1 Å². The second-order valence-corrected chi connectivity index (χ2v) is 5.03. The number of benzene rings is 1. The highest BCUT2D eigenvalue weighted by Gasteiger charge is 2.12. The van der Waals surface area contributed by atoms with Gasteiger partial charge in [-0.1, -0.05) is 24.3 Å². The molecule has 0 heterocycles. The van der Waals surface area contributed by atoms with Crippen molar-refractivity contribution in [1.29, 1.82) is 0 Å². The van der Waals surface area contributed by atoms with Crippen LogP contribution in [0.25, 0.3) is 0 Å². The van der Waals surface area contributed by atoms with Crippen LogP contribution in [0, 0.1) is 0 Å². The Morgan fingerprint density at radius 2 is 1.75 bits per heavy atom. The molecule has 0 spiro atoms. The summed E-state index contributed by atoms with van der Waals surface area (Å²) >= 11 is 0. The standard InChI is InChI=1S/C14H22N4O2/c1-10(2)18(9-13(15)19)8-12-5-3-11(4-6-12)7-14(20)17-16/h3-6,10H,7-9,16H2,1-2H3,(H2,15,19)(H,17,20). The normalized spacial score (nSPS) is 10.8. The first kappa shape index (κ1) is 16.1. The smallest absolute Gasteiger partial charge is 0.238 e. The number of primary amides is 1. The molecule has 6 nitrogen and oxygen atoms in total. The zero-order chi connectivity index (χ0) is 15.1. The van der Waals surface area contributed by atoms with Gasteiger partial charge >= 0.3 is 0 Å². The third-order valence-electron chi connectivity index (χ3n) is 3.02. The summed E-state index contributed by atoms with van der Waals surface area (Å²) in [5, 5.41) is 0. The van der Waals surface area contributed by atoms with Crippen molar-refractivity contribution < 1.29 is 9.59 Å². The number of carbonyl (C=O) groups excluding carboxylic acids is 2. The molecule has 0 atom stereocenters. The minimum absolute atomic E-state index is 0.227. The van der Waals surface area contributed by atoms with Gasteiger partial charge in [0.2, 0.25) is 11.8 Å². The summed E-state index contributed by atoms with van der Waals surface area (Å²) in [6.45, 7) is 4.91. The molecule has 2 amide bonds. The largest absolute Gasteiger partial charge is 0.369 e. The Morgan fingerprint density at radius 3 is 2.20 bits per heavy atom. The second-order valence-electron chi connectivity index (χ2n) is 5.03. The number of rotatable bonds is 7. The van der Waals surface area contributed by atoms with E-state index >= 15 is 0 Å². The number of hydrogen-bond acceptors (Lipinski definition) is 4. The summed E-state index contributed by atoms with van der Waals surface area (Å²) in [6, 6.07) is 7.87. The average Bonchev–Trinajstić information content (AvgIpc) is 2.39. The van der Waals surface area contributed by atoms with Crippen LogP contribution in [-0.2, 0) is 22.6 Å². The van der Waals surface area contributed by atoms with Gasteiger partial charge in [-0.3, -0.25) is 19.9 Å². The Bertz CT molecular complexity index is 457. The maximum absolute atomic E-state index is 11.2. The van der Waals surface area contributed by atoms with E-state index in [4.69, 9.17) is 11.6 Å². The van der Waals surface area contributed by atoms with Gasteiger partial charge in [0.25, 0.3) is 0 Å². The summed E-state index contributed by atoms with van der Waals surface area (Å²) in [6.07, 6.45) is 0.256. The van der Waals surface area contributed by atoms with E-state index in [1.54, 1.807) is 0 Å². The van der Waals surface area contributed by atoms with Gasteiger partial charge < -0.3 is 5.73 Å². The van der Waals surface area contributed by atoms with E-state index in [1.165, 1.54) is 0 Å². The molecule has 0 saturated carbocycles. The lowest BCUT2D eigenvalue weighted by Crippen LogP contribution is -2.37. The molecule has 0 fully saturated rings.